The number of pyridine rings is 1. The van der Waals surface area contributed by atoms with Crippen molar-refractivity contribution in [3.05, 3.63) is 24.2 Å². The number of nitrogens with zero attached hydrogens (tertiary/aromatic N) is 3. The number of hydrogen-bond acceptors (Lipinski definition) is 4. The maximum atomic E-state index is 12.1. The highest BCUT2D eigenvalue weighted by Crippen LogP contribution is 2.30. The Balaban J connectivity index is 2.16. The lowest BCUT2D eigenvalue weighted by Crippen LogP contribution is -2.42. The van der Waals surface area contributed by atoms with Crippen LogP contribution in [-0.2, 0) is 9.59 Å². The van der Waals surface area contributed by atoms with E-state index in [1.807, 2.05) is 6.07 Å². The molecule has 2 unspecified atom stereocenters. The smallest absolute Gasteiger partial charge is 0.249 e. The number of piperidine rings is 1. The first-order valence-electron chi connectivity index (χ1n) is 6.38. The second-order valence-corrected chi connectivity index (χ2v) is 5.42. The molecule has 1 fully saturated rings. The number of aromatic nitrogens is 3. The highest BCUT2D eigenvalue weighted by Gasteiger charge is 2.32. The molecule has 1 N–H and O–H groups in total. The number of fused-ring (bicyclic) bond motifs is 1. The van der Waals surface area contributed by atoms with Crippen molar-refractivity contribution in [3.8, 4) is 0 Å². The van der Waals surface area contributed by atoms with Crippen LogP contribution in [0.2, 0.25) is 0 Å². The van der Waals surface area contributed by atoms with Crippen LogP contribution in [-0.4, -0.2) is 26.3 Å². The van der Waals surface area contributed by atoms with Crippen LogP contribution in [0.5, 0.6) is 0 Å². The molecule has 0 spiro atoms. The van der Waals surface area contributed by atoms with E-state index in [1.54, 1.807) is 23.8 Å². The van der Waals surface area contributed by atoms with Crippen molar-refractivity contribution < 1.29 is 9.59 Å². The third-order valence-corrected chi connectivity index (χ3v) is 3.55. The Kier molecular flexibility index (Phi) is 3.17. The van der Waals surface area contributed by atoms with Crippen LogP contribution in [0.3, 0.4) is 0 Å². The van der Waals surface area contributed by atoms with Crippen molar-refractivity contribution in [2.75, 3.05) is 0 Å². The predicted octanol–water partition coefficient (Wildman–Crippen LogP) is 1.71. The zero-order chi connectivity index (χ0) is 14.3. The number of amides is 2. The quantitative estimate of drug-likeness (QED) is 0.675. The Morgan fingerprint density at radius 3 is 3.00 bits per heavy atom. The summed E-state index contributed by atoms with van der Waals surface area (Å²) in [5.74, 6) is 0.0173. The summed E-state index contributed by atoms with van der Waals surface area (Å²) in [5.41, 5.74) is 1.31. The van der Waals surface area contributed by atoms with E-state index in [0.717, 1.165) is 0 Å². The largest absolute Gasteiger partial charge is 0.299 e. The molecule has 0 saturated carbocycles. The average Bonchev–Trinajstić information content (AvgIpc) is 2.78. The van der Waals surface area contributed by atoms with Gasteiger partial charge in [-0.1, -0.05) is 0 Å². The van der Waals surface area contributed by atoms with Gasteiger partial charge in [0, 0.05) is 12.6 Å². The van der Waals surface area contributed by atoms with Gasteiger partial charge >= 0.3 is 0 Å². The molecule has 3 rings (SSSR count). The van der Waals surface area contributed by atoms with Gasteiger partial charge < -0.3 is 0 Å². The summed E-state index contributed by atoms with van der Waals surface area (Å²) < 4.78 is 1.74. The first-order valence-corrected chi connectivity index (χ1v) is 6.82. The van der Waals surface area contributed by atoms with E-state index in [4.69, 9.17) is 11.6 Å². The van der Waals surface area contributed by atoms with Gasteiger partial charge in [0.2, 0.25) is 11.8 Å². The van der Waals surface area contributed by atoms with Gasteiger partial charge in [-0.15, -0.1) is 11.6 Å². The van der Waals surface area contributed by atoms with E-state index in [2.05, 4.69) is 15.3 Å². The van der Waals surface area contributed by atoms with Crippen LogP contribution in [0.25, 0.3) is 11.2 Å². The summed E-state index contributed by atoms with van der Waals surface area (Å²) in [6.45, 7) is 1.80. The molecular formula is C13H13ClN4O2. The number of carbonyl (C=O) groups is 2. The highest BCUT2D eigenvalue weighted by molar-refractivity contribution is 6.20. The molecule has 1 aliphatic heterocycles. The molecule has 1 saturated heterocycles. The van der Waals surface area contributed by atoms with Crippen LogP contribution in [0.4, 0.5) is 0 Å². The first-order chi connectivity index (χ1) is 9.58. The summed E-state index contributed by atoms with van der Waals surface area (Å²) in [4.78, 5) is 32.1. The number of rotatable bonds is 2. The van der Waals surface area contributed by atoms with Gasteiger partial charge in [-0.3, -0.25) is 19.5 Å². The summed E-state index contributed by atoms with van der Waals surface area (Å²) in [5, 5.41) is 2.00. The van der Waals surface area contributed by atoms with Crippen molar-refractivity contribution >= 4 is 34.6 Å². The standard InChI is InChI=1S/C13H13ClN4O2/c1-7(14)11-16-8-3-2-6-15-12(8)18(11)9-4-5-10(19)17-13(9)20/h2-3,6-7,9H,4-5H2,1H3,(H,17,19,20). The molecule has 104 valence electrons. The second kappa shape index (κ2) is 4.86. The summed E-state index contributed by atoms with van der Waals surface area (Å²) in [7, 11) is 0. The molecule has 0 bridgehead atoms. The van der Waals surface area contributed by atoms with E-state index < -0.39 is 6.04 Å². The van der Waals surface area contributed by atoms with Crippen molar-refractivity contribution in [1.82, 2.24) is 19.9 Å². The van der Waals surface area contributed by atoms with Crippen molar-refractivity contribution in [3.63, 3.8) is 0 Å². The molecule has 0 aromatic carbocycles. The van der Waals surface area contributed by atoms with Crippen LogP contribution in [0, 0.1) is 0 Å². The fourth-order valence-electron chi connectivity index (χ4n) is 2.46. The number of halogens is 1. The molecule has 0 aliphatic carbocycles. The number of alkyl halides is 1. The molecule has 6 nitrogen and oxygen atoms in total. The Morgan fingerprint density at radius 1 is 1.50 bits per heavy atom. The van der Waals surface area contributed by atoms with Gasteiger partial charge in [-0.05, 0) is 25.5 Å². The second-order valence-electron chi connectivity index (χ2n) is 4.77. The van der Waals surface area contributed by atoms with Gasteiger partial charge in [0.25, 0.3) is 0 Å². The third kappa shape index (κ3) is 2.06. The minimum atomic E-state index is -0.496. The molecular weight excluding hydrogens is 280 g/mol. The van der Waals surface area contributed by atoms with Crippen LogP contribution < -0.4 is 5.32 Å². The molecule has 3 heterocycles. The Morgan fingerprint density at radius 2 is 2.30 bits per heavy atom. The fourth-order valence-corrected chi connectivity index (χ4v) is 2.62. The number of imide groups is 1. The van der Waals surface area contributed by atoms with Crippen LogP contribution in [0.15, 0.2) is 18.3 Å². The Hall–Kier alpha value is -1.95. The SMILES string of the molecule is CC(Cl)c1nc2cccnc2n1C1CCC(=O)NC1=O. The van der Waals surface area contributed by atoms with Gasteiger partial charge in [-0.25, -0.2) is 9.97 Å². The molecule has 0 radical (unpaired) electrons. The normalized spacial score (nSPS) is 21.0. The number of imidazole rings is 1. The highest BCUT2D eigenvalue weighted by atomic mass is 35.5. The minimum Gasteiger partial charge on any atom is -0.299 e. The van der Waals surface area contributed by atoms with Crippen LogP contribution in [0.1, 0.15) is 37.0 Å². The van der Waals surface area contributed by atoms with Crippen molar-refractivity contribution in [2.24, 2.45) is 0 Å². The van der Waals surface area contributed by atoms with Gasteiger partial charge in [0.1, 0.15) is 17.4 Å². The maximum absolute atomic E-state index is 12.1. The summed E-state index contributed by atoms with van der Waals surface area (Å²) >= 11 is 6.17. The number of carbonyl (C=O) groups excluding carboxylic acids is 2. The lowest BCUT2D eigenvalue weighted by atomic mass is 10.1. The molecule has 2 aromatic heterocycles. The Bertz CT molecular complexity index is 695. The molecule has 2 atom stereocenters. The monoisotopic (exact) mass is 292 g/mol. The maximum Gasteiger partial charge on any atom is 0.249 e. The van der Waals surface area contributed by atoms with E-state index >= 15 is 0 Å². The zero-order valence-electron chi connectivity index (χ0n) is 10.8. The minimum absolute atomic E-state index is 0.246. The van der Waals surface area contributed by atoms with Gasteiger partial charge in [0.05, 0.1) is 5.38 Å². The first kappa shape index (κ1) is 13.1. The van der Waals surface area contributed by atoms with E-state index in [1.165, 1.54) is 0 Å². The third-order valence-electron chi connectivity index (χ3n) is 3.35. The number of hydrogen-bond donors (Lipinski definition) is 1. The van der Waals surface area contributed by atoms with E-state index in [9.17, 15) is 9.59 Å². The zero-order valence-corrected chi connectivity index (χ0v) is 11.6. The molecule has 7 heteroatoms. The number of nitrogens with one attached hydrogen (secondary N) is 1. The van der Waals surface area contributed by atoms with Crippen LogP contribution >= 0.6 is 11.6 Å². The lowest BCUT2D eigenvalue weighted by Gasteiger charge is -2.24. The lowest BCUT2D eigenvalue weighted by molar-refractivity contribution is -0.135. The topological polar surface area (TPSA) is 76.9 Å². The molecule has 2 aromatic rings. The molecule has 20 heavy (non-hydrogen) atoms. The average molecular weight is 293 g/mol. The van der Waals surface area contributed by atoms with Gasteiger partial charge in [0.15, 0.2) is 5.65 Å². The molecule has 1 aliphatic rings. The Labute approximate surface area is 120 Å². The van der Waals surface area contributed by atoms with E-state index in [-0.39, 0.29) is 17.2 Å². The predicted molar refractivity (Wildman–Crippen MR) is 73.2 cm³/mol. The fraction of sp³-hybridized carbons (Fsp3) is 0.385. The summed E-state index contributed by atoms with van der Waals surface area (Å²) in [6.07, 6.45) is 2.39. The summed E-state index contributed by atoms with van der Waals surface area (Å²) in [6, 6.07) is 3.11. The van der Waals surface area contributed by atoms with Gasteiger partial charge in [-0.2, -0.15) is 0 Å². The molecule has 2 amide bonds. The van der Waals surface area contributed by atoms with Crippen molar-refractivity contribution in [2.45, 2.75) is 31.2 Å². The van der Waals surface area contributed by atoms with E-state index in [0.29, 0.717) is 29.8 Å². The van der Waals surface area contributed by atoms with Crippen molar-refractivity contribution in [1.29, 1.82) is 0 Å².